The number of nitrogens with two attached hydrogens (primary N) is 1. The van der Waals surface area contributed by atoms with Gasteiger partial charge in [-0.15, -0.1) is 0 Å². The molecule has 3 aromatic rings. The Labute approximate surface area is 189 Å². The van der Waals surface area contributed by atoms with Crippen molar-refractivity contribution in [2.75, 3.05) is 5.32 Å². The van der Waals surface area contributed by atoms with E-state index in [1.54, 1.807) is 24.3 Å². The third-order valence-corrected chi connectivity index (χ3v) is 7.08. The lowest BCUT2D eigenvalue weighted by Gasteiger charge is -2.44. The number of hydrogen-bond acceptors (Lipinski definition) is 5. The smallest absolute Gasteiger partial charge is 0.338 e. The van der Waals surface area contributed by atoms with Gasteiger partial charge >= 0.3 is 6.18 Å². The first-order valence-corrected chi connectivity index (χ1v) is 11.7. The maximum atomic E-state index is 13.8. The van der Waals surface area contributed by atoms with Crippen LogP contribution in [0.25, 0.3) is 11.0 Å². The van der Waals surface area contributed by atoms with E-state index >= 15 is 0 Å². The van der Waals surface area contributed by atoms with Crippen LogP contribution < -0.4 is 15.8 Å². The molecule has 1 saturated carbocycles. The Hall–Kier alpha value is -2.99. The summed E-state index contributed by atoms with van der Waals surface area (Å²) in [5.41, 5.74) is -0.254. The summed E-state index contributed by atoms with van der Waals surface area (Å²) < 4.78 is 54.3. The summed E-state index contributed by atoms with van der Waals surface area (Å²) in [7, 11) is -1.61. The molecule has 33 heavy (non-hydrogen) atoms. The van der Waals surface area contributed by atoms with Gasteiger partial charge in [-0.3, -0.25) is 4.79 Å². The van der Waals surface area contributed by atoms with Gasteiger partial charge in [-0.05, 0) is 43.2 Å². The summed E-state index contributed by atoms with van der Waals surface area (Å²) in [6.07, 6.45) is 0.126. The van der Waals surface area contributed by atoms with Gasteiger partial charge in [-0.2, -0.15) is 18.2 Å². The number of fused-ring (bicyclic) bond motifs is 4. The minimum Gasteiger partial charge on any atom is -0.338 e. The van der Waals surface area contributed by atoms with Crippen molar-refractivity contribution in [2.45, 2.75) is 54.8 Å². The molecule has 2 unspecified atom stereocenters. The molecule has 1 aliphatic carbocycles. The van der Waals surface area contributed by atoms with Crippen molar-refractivity contribution in [1.29, 1.82) is 0 Å². The first-order valence-electron chi connectivity index (χ1n) is 10.5. The van der Waals surface area contributed by atoms with E-state index in [4.69, 9.17) is 5.14 Å². The Kier molecular flexibility index (Phi) is 5.16. The highest BCUT2D eigenvalue weighted by Gasteiger charge is 2.54. The van der Waals surface area contributed by atoms with E-state index in [9.17, 15) is 22.2 Å². The number of halogens is 3. The van der Waals surface area contributed by atoms with Crippen molar-refractivity contribution < 1.29 is 22.2 Å². The Morgan fingerprint density at radius 1 is 1.18 bits per heavy atom. The third-order valence-electron chi connectivity index (χ3n) is 6.34. The number of hydrogen-bond donors (Lipinski definition) is 3. The zero-order valence-corrected chi connectivity index (χ0v) is 18.2. The fourth-order valence-corrected chi connectivity index (χ4v) is 5.22. The predicted octanol–water partition coefficient (Wildman–Crippen LogP) is 3.55. The second-order valence-electron chi connectivity index (χ2n) is 8.36. The number of amides is 1. The van der Waals surface area contributed by atoms with Crippen LogP contribution in [0.1, 0.15) is 43.8 Å². The Balaban J connectivity index is 1.62. The standard InChI is InChI=1S/C21H21F3N6O2S/c22-21(23,24)16-15-10-12-11-26-19(27-13-4-6-14(7-5-13)33(25)32)29-17(12)30(15)20(18(31)28-16)8-2-1-3-9-20/h4-7,10-11,16H,1-3,8-9,25H2,(H,28,31)(H,26,27,29). The van der Waals surface area contributed by atoms with Gasteiger partial charge in [0.25, 0.3) is 0 Å². The van der Waals surface area contributed by atoms with Crippen molar-refractivity contribution in [3.8, 4) is 0 Å². The van der Waals surface area contributed by atoms with Crippen LogP contribution in [0.2, 0.25) is 0 Å². The van der Waals surface area contributed by atoms with Crippen molar-refractivity contribution in [1.82, 2.24) is 19.9 Å². The lowest BCUT2D eigenvalue weighted by Crippen LogP contribution is -2.58. The van der Waals surface area contributed by atoms with Crippen LogP contribution in [-0.4, -0.2) is 30.8 Å². The van der Waals surface area contributed by atoms with Gasteiger partial charge in [0.2, 0.25) is 11.9 Å². The number of carbonyl (C=O) groups is 1. The first-order chi connectivity index (χ1) is 15.7. The fourth-order valence-electron chi connectivity index (χ4n) is 4.81. The van der Waals surface area contributed by atoms with E-state index in [1.165, 1.54) is 16.8 Å². The molecule has 1 aromatic carbocycles. The summed E-state index contributed by atoms with van der Waals surface area (Å²) in [6.45, 7) is 0. The van der Waals surface area contributed by atoms with Crippen LogP contribution >= 0.6 is 0 Å². The number of nitrogens with one attached hydrogen (secondary N) is 2. The number of carbonyl (C=O) groups excluding carboxylic acids is 1. The summed E-state index contributed by atoms with van der Waals surface area (Å²) >= 11 is 0. The summed E-state index contributed by atoms with van der Waals surface area (Å²) in [6, 6.07) is 5.79. The van der Waals surface area contributed by atoms with Crippen molar-refractivity contribution >= 4 is 39.6 Å². The van der Waals surface area contributed by atoms with E-state index in [1.807, 2.05) is 0 Å². The lowest BCUT2D eigenvalue weighted by atomic mass is 9.78. The van der Waals surface area contributed by atoms with Crippen molar-refractivity contribution in [3.05, 3.63) is 42.2 Å². The molecule has 4 N–H and O–H groups in total. The molecule has 0 radical (unpaired) electrons. The SMILES string of the molecule is NS(=O)c1ccc(Nc2ncc3cc4n(c3n2)C2(CCCCC2)C(=O)NC4C(F)(F)F)cc1. The highest BCUT2D eigenvalue weighted by atomic mass is 32.2. The second kappa shape index (κ2) is 7.80. The molecule has 2 atom stereocenters. The number of benzene rings is 1. The molecule has 1 spiro atoms. The van der Waals surface area contributed by atoms with Crippen LogP contribution in [0.15, 0.2) is 41.4 Å². The van der Waals surface area contributed by atoms with E-state index in [0.29, 0.717) is 28.8 Å². The van der Waals surface area contributed by atoms with Crippen LogP contribution in [0.5, 0.6) is 0 Å². The maximum Gasteiger partial charge on any atom is 0.414 e. The zero-order valence-electron chi connectivity index (χ0n) is 17.4. The highest BCUT2D eigenvalue weighted by molar-refractivity contribution is 7.82. The number of anilines is 2. The first kappa shape index (κ1) is 21.8. The van der Waals surface area contributed by atoms with E-state index in [0.717, 1.165) is 19.3 Å². The summed E-state index contributed by atoms with van der Waals surface area (Å²) in [5, 5.41) is 11.0. The maximum absolute atomic E-state index is 13.8. The molecule has 12 heteroatoms. The van der Waals surface area contributed by atoms with E-state index < -0.39 is 34.6 Å². The minimum absolute atomic E-state index is 0.0276. The molecule has 1 amide bonds. The van der Waals surface area contributed by atoms with Gasteiger partial charge in [0.15, 0.2) is 6.04 Å². The normalized spacial score (nSPS) is 21.0. The number of rotatable bonds is 3. The van der Waals surface area contributed by atoms with Gasteiger partial charge in [-0.25, -0.2) is 14.3 Å². The monoisotopic (exact) mass is 478 g/mol. The van der Waals surface area contributed by atoms with Crippen LogP contribution in [0.4, 0.5) is 24.8 Å². The second-order valence-corrected chi connectivity index (χ2v) is 9.43. The van der Waals surface area contributed by atoms with Crippen LogP contribution in [0, 0.1) is 0 Å². The molecule has 0 bridgehead atoms. The van der Waals surface area contributed by atoms with Crippen LogP contribution in [-0.2, 0) is 21.3 Å². The quantitative estimate of drug-likeness (QED) is 0.533. The van der Waals surface area contributed by atoms with Crippen molar-refractivity contribution in [3.63, 3.8) is 0 Å². The topological polar surface area (TPSA) is 115 Å². The molecule has 5 rings (SSSR count). The number of aromatic nitrogens is 3. The Bertz CT molecular complexity index is 1250. The Morgan fingerprint density at radius 3 is 2.52 bits per heavy atom. The van der Waals surface area contributed by atoms with Gasteiger partial charge in [0.1, 0.15) is 22.2 Å². The van der Waals surface area contributed by atoms with Crippen molar-refractivity contribution in [2.24, 2.45) is 5.14 Å². The van der Waals surface area contributed by atoms with Gasteiger partial charge < -0.3 is 15.2 Å². The van der Waals surface area contributed by atoms with Gasteiger partial charge in [-0.1, -0.05) is 19.3 Å². The molecule has 1 fully saturated rings. The molecule has 2 aliphatic rings. The van der Waals surface area contributed by atoms with Gasteiger partial charge in [0, 0.05) is 17.3 Å². The molecule has 8 nitrogen and oxygen atoms in total. The molecule has 2 aromatic heterocycles. The Morgan fingerprint density at radius 2 is 1.88 bits per heavy atom. The summed E-state index contributed by atoms with van der Waals surface area (Å²) in [5.74, 6) is -0.446. The minimum atomic E-state index is -4.64. The average molecular weight is 479 g/mol. The zero-order chi connectivity index (χ0) is 23.4. The molecule has 0 saturated heterocycles. The number of nitrogens with zero attached hydrogens (tertiary/aromatic N) is 3. The van der Waals surface area contributed by atoms with E-state index in [2.05, 4.69) is 20.6 Å². The third kappa shape index (κ3) is 3.66. The molecule has 3 heterocycles. The number of alkyl halides is 3. The molecule has 174 valence electrons. The molecular weight excluding hydrogens is 457 g/mol. The predicted molar refractivity (Wildman–Crippen MR) is 116 cm³/mol. The molecular formula is C21H21F3N6O2S. The largest absolute Gasteiger partial charge is 0.414 e. The summed E-state index contributed by atoms with van der Waals surface area (Å²) in [4.78, 5) is 22.3. The molecule has 1 aliphatic heterocycles. The fraction of sp³-hybridized carbons (Fsp3) is 0.381. The average Bonchev–Trinajstić information content (AvgIpc) is 3.16. The van der Waals surface area contributed by atoms with Gasteiger partial charge in [0.05, 0.1) is 10.6 Å². The van der Waals surface area contributed by atoms with Crippen LogP contribution in [0.3, 0.4) is 0 Å². The van der Waals surface area contributed by atoms with E-state index in [-0.39, 0.29) is 17.3 Å². The lowest BCUT2D eigenvalue weighted by molar-refractivity contribution is -0.173. The highest BCUT2D eigenvalue weighted by Crippen LogP contribution is 2.47.